The second kappa shape index (κ2) is 68.6. The molecule has 79 heavy (non-hydrogen) atoms. The summed E-state index contributed by atoms with van der Waals surface area (Å²) in [5.41, 5.74) is 0. The van der Waals surface area contributed by atoms with Crippen molar-refractivity contribution in [2.45, 2.75) is 405 Å². The number of hydrogen-bond donors (Lipinski definition) is 3. The molecule has 0 rings (SSSR count). The molecule has 0 spiro atoms. The lowest BCUT2D eigenvalue weighted by molar-refractivity contribution is -0.143. The van der Waals surface area contributed by atoms with Crippen molar-refractivity contribution >= 4 is 11.9 Å². The third kappa shape index (κ3) is 65.1. The van der Waals surface area contributed by atoms with E-state index in [9.17, 15) is 19.8 Å². The molecule has 466 valence electrons. The van der Waals surface area contributed by atoms with Gasteiger partial charge >= 0.3 is 5.97 Å². The van der Waals surface area contributed by atoms with Crippen molar-refractivity contribution in [1.29, 1.82) is 0 Å². The predicted molar refractivity (Wildman–Crippen MR) is 347 cm³/mol. The van der Waals surface area contributed by atoms with E-state index in [0.29, 0.717) is 19.4 Å². The van der Waals surface area contributed by atoms with Gasteiger partial charge in [0.1, 0.15) is 0 Å². The van der Waals surface area contributed by atoms with Gasteiger partial charge in [-0.05, 0) is 83.5 Å². The molecule has 2 unspecified atom stereocenters. The van der Waals surface area contributed by atoms with Crippen LogP contribution < -0.4 is 5.32 Å². The van der Waals surface area contributed by atoms with E-state index in [0.717, 1.165) is 44.9 Å². The summed E-state index contributed by atoms with van der Waals surface area (Å²) in [4.78, 5) is 24.6. The van der Waals surface area contributed by atoms with Gasteiger partial charge in [-0.1, -0.05) is 333 Å². The molecule has 0 aliphatic rings. The molecule has 0 radical (unpaired) electrons. The van der Waals surface area contributed by atoms with Crippen LogP contribution in [-0.4, -0.2) is 47.4 Å². The number of rotatable bonds is 67. The van der Waals surface area contributed by atoms with E-state index < -0.39 is 12.1 Å². The van der Waals surface area contributed by atoms with Gasteiger partial charge in [-0.15, -0.1) is 0 Å². The molecule has 1 amide bonds. The van der Waals surface area contributed by atoms with Crippen molar-refractivity contribution in [2.24, 2.45) is 0 Å². The average molecular weight is 1110 g/mol. The van der Waals surface area contributed by atoms with Crippen molar-refractivity contribution in [3.8, 4) is 0 Å². The van der Waals surface area contributed by atoms with Crippen molar-refractivity contribution in [1.82, 2.24) is 5.32 Å². The van der Waals surface area contributed by atoms with Crippen LogP contribution in [0.2, 0.25) is 0 Å². The minimum absolute atomic E-state index is 0.0119. The first kappa shape index (κ1) is 77.1. The maximum absolute atomic E-state index is 12.5. The summed E-state index contributed by atoms with van der Waals surface area (Å²) in [6.45, 7) is 4.93. The monoisotopic (exact) mass is 1110 g/mol. The van der Waals surface area contributed by atoms with Crippen LogP contribution in [0, 0.1) is 0 Å². The first-order valence-corrected chi connectivity index (χ1v) is 35.8. The molecule has 0 aliphatic heterocycles. The minimum atomic E-state index is -0.846. The fraction of sp³-hybridized carbons (Fsp3) is 0.890. The van der Waals surface area contributed by atoms with Crippen LogP contribution in [0.25, 0.3) is 0 Å². The van der Waals surface area contributed by atoms with E-state index >= 15 is 0 Å². The quantitative estimate of drug-likeness (QED) is 0.0320. The van der Waals surface area contributed by atoms with E-state index in [1.54, 1.807) is 6.08 Å². The standard InChI is InChI=1S/C73H139NO5/c1-3-5-7-9-11-13-15-17-19-21-34-37-41-45-49-53-57-61-65-71(76)70(69-75)74-72(77)66-62-58-54-50-46-42-38-35-31-29-27-25-23-22-24-26-28-30-32-36-40-44-48-52-56-60-64-68-79-73(78)67-63-59-55-51-47-43-39-33-20-18-16-14-12-10-8-6-4-2/h18,20,22-23,61,65,70-71,75-76H,3-17,19,21,24-60,62-64,66-69H2,1-2H3,(H,74,77)/b20-18-,23-22-,65-61+. The lowest BCUT2D eigenvalue weighted by atomic mass is 10.0. The van der Waals surface area contributed by atoms with E-state index in [-0.39, 0.29) is 18.5 Å². The van der Waals surface area contributed by atoms with Gasteiger partial charge in [0.25, 0.3) is 0 Å². The predicted octanol–water partition coefficient (Wildman–Crippen LogP) is 23.1. The Kier molecular flexibility index (Phi) is 66.9. The van der Waals surface area contributed by atoms with Gasteiger partial charge in [0.2, 0.25) is 5.91 Å². The van der Waals surface area contributed by atoms with E-state index in [4.69, 9.17) is 4.74 Å². The molecule has 0 bridgehead atoms. The number of aliphatic hydroxyl groups is 2. The SMILES string of the molecule is CCCCCCCC/C=C\CCCCCCCCCC(=O)OCCCCCCCCCCCCCC/C=C\CCCCCCCCCCCCCC(=O)NC(CO)C(O)/C=C/CCCCCCCCCCCCCCCCCC. The number of carbonyl (C=O) groups excluding carboxylic acids is 2. The molecule has 0 aromatic rings. The highest BCUT2D eigenvalue weighted by Gasteiger charge is 2.18. The second-order valence-electron chi connectivity index (χ2n) is 24.6. The van der Waals surface area contributed by atoms with Gasteiger partial charge in [0.05, 0.1) is 25.4 Å². The summed E-state index contributed by atoms with van der Waals surface area (Å²) in [6, 6.07) is -0.629. The second-order valence-corrected chi connectivity index (χ2v) is 24.6. The number of aliphatic hydroxyl groups excluding tert-OH is 2. The largest absolute Gasteiger partial charge is 0.466 e. The summed E-state index contributed by atoms with van der Waals surface area (Å²) >= 11 is 0. The third-order valence-electron chi connectivity index (χ3n) is 16.6. The number of esters is 1. The van der Waals surface area contributed by atoms with Gasteiger partial charge in [0, 0.05) is 12.8 Å². The molecule has 6 heteroatoms. The lowest BCUT2D eigenvalue weighted by Gasteiger charge is -2.20. The number of hydrogen-bond acceptors (Lipinski definition) is 5. The Hall–Kier alpha value is -1.92. The number of allylic oxidation sites excluding steroid dienone is 5. The summed E-state index contributed by atoms with van der Waals surface area (Å²) < 4.78 is 5.50. The Bertz CT molecular complexity index is 1280. The Labute approximate surface area is 494 Å². The molecular formula is C73H139NO5. The van der Waals surface area contributed by atoms with Crippen LogP contribution in [0.15, 0.2) is 36.5 Å². The molecule has 6 nitrogen and oxygen atoms in total. The molecular weight excluding hydrogens is 971 g/mol. The molecule has 3 N–H and O–H groups in total. The van der Waals surface area contributed by atoms with Crippen molar-refractivity contribution < 1.29 is 24.5 Å². The van der Waals surface area contributed by atoms with Gasteiger partial charge in [-0.2, -0.15) is 0 Å². The molecule has 0 aromatic heterocycles. The van der Waals surface area contributed by atoms with E-state index in [1.807, 2.05) is 6.08 Å². The zero-order chi connectivity index (χ0) is 57.1. The van der Waals surface area contributed by atoms with Gasteiger partial charge < -0.3 is 20.3 Å². The average Bonchev–Trinajstić information content (AvgIpc) is 3.45. The minimum Gasteiger partial charge on any atom is -0.466 e. The lowest BCUT2D eigenvalue weighted by Crippen LogP contribution is -2.45. The summed E-state index contributed by atoms with van der Waals surface area (Å²) in [5, 5.41) is 23.2. The van der Waals surface area contributed by atoms with Crippen LogP contribution in [0.1, 0.15) is 393 Å². The fourth-order valence-corrected chi connectivity index (χ4v) is 11.2. The first-order chi connectivity index (χ1) is 39.0. The normalized spacial score (nSPS) is 12.7. The van der Waals surface area contributed by atoms with Gasteiger partial charge in [0.15, 0.2) is 0 Å². The highest BCUT2D eigenvalue weighted by molar-refractivity contribution is 5.76. The van der Waals surface area contributed by atoms with Crippen LogP contribution >= 0.6 is 0 Å². The van der Waals surface area contributed by atoms with Crippen molar-refractivity contribution in [2.75, 3.05) is 13.2 Å². The Balaban J connectivity index is 3.40. The smallest absolute Gasteiger partial charge is 0.305 e. The van der Waals surface area contributed by atoms with Crippen molar-refractivity contribution in [3.63, 3.8) is 0 Å². The van der Waals surface area contributed by atoms with Crippen LogP contribution in [-0.2, 0) is 14.3 Å². The molecule has 0 aromatic carbocycles. The zero-order valence-electron chi connectivity index (χ0n) is 53.4. The molecule has 0 heterocycles. The highest BCUT2D eigenvalue weighted by atomic mass is 16.5. The first-order valence-electron chi connectivity index (χ1n) is 35.8. The topological polar surface area (TPSA) is 95.9 Å². The molecule has 0 saturated heterocycles. The van der Waals surface area contributed by atoms with Crippen LogP contribution in [0.4, 0.5) is 0 Å². The fourth-order valence-electron chi connectivity index (χ4n) is 11.2. The van der Waals surface area contributed by atoms with Gasteiger partial charge in [-0.25, -0.2) is 0 Å². The van der Waals surface area contributed by atoms with Crippen LogP contribution in [0.5, 0.6) is 0 Å². The van der Waals surface area contributed by atoms with E-state index in [2.05, 4.69) is 43.5 Å². The molecule has 0 saturated carbocycles. The summed E-state index contributed by atoms with van der Waals surface area (Å²) in [7, 11) is 0. The number of nitrogens with one attached hydrogen (secondary N) is 1. The zero-order valence-corrected chi connectivity index (χ0v) is 53.4. The third-order valence-corrected chi connectivity index (χ3v) is 16.6. The molecule has 0 aliphatic carbocycles. The maximum Gasteiger partial charge on any atom is 0.305 e. The summed E-state index contributed by atoms with van der Waals surface area (Å²) in [6.07, 6.45) is 87.9. The number of unbranched alkanes of at least 4 members (excludes halogenated alkanes) is 52. The Morgan fingerprint density at radius 2 is 0.595 bits per heavy atom. The Morgan fingerprint density at radius 3 is 0.899 bits per heavy atom. The highest BCUT2D eigenvalue weighted by Crippen LogP contribution is 2.18. The van der Waals surface area contributed by atoms with Gasteiger partial charge in [-0.3, -0.25) is 9.59 Å². The van der Waals surface area contributed by atoms with Crippen LogP contribution in [0.3, 0.4) is 0 Å². The Morgan fingerprint density at radius 1 is 0.342 bits per heavy atom. The molecule has 2 atom stereocenters. The van der Waals surface area contributed by atoms with Crippen molar-refractivity contribution in [3.05, 3.63) is 36.5 Å². The molecule has 0 fully saturated rings. The maximum atomic E-state index is 12.5. The number of amides is 1. The number of ether oxygens (including phenoxy) is 1. The number of carbonyl (C=O) groups is 2. The van der Waals surface area contributed by atoms with E-state index in [1.165, 1.54) is 321 Å². The summed E-state index contributed by atoms with van der Waals surface area (Å²) in [5.74, 6) is -0.0540.